The fourth-order valence-corrected chi connectivity index (χ4v) is 4.29. The molecular formula is C20H20ClFN8O2S. The van der Waals surface area contributed by atoms with E-state index < -0.39 is 17.4 Å². The Morgan fingerprint density at radius 3 is 2.76 bits per heavy atom. The highest BCUT2D eigenvalue weighted by Crippen LogP contribution is 2.27. The lowest BCUT2D eigenvalue weighted by atomic mass is 10.0. The molecule has 0 unspecified atom stereocenters. The highest BCUT2D eigenvalue weighted by Gasteiger charge is 2.45. The molecule has 3 amide bonds. The van der Waals surface area contributed by atoms with Crippen LogP contribution in [-0.4, -0.2) is 55.2 Å². The quantitative estimate of drug-likeness (QED) is 0.513. The summed E-state index contributed by atoms with van der Waals surface area (Å²) >= 11 is 7.50. The van der Waals surface area contributed by atoms with Gasteiger partial charge in [0.1, 0.15) is 22.7 Å². The first kappa shape index (κ1) is 22.8. The number of anilines is 1. The molecule has 3 aromatic rings. The molecule has 172 valence electrons. The van der Waals surface area contributed by atoms with Gasteiger partial charge in [-0.05, 0) is 26.0 Å². The van der Waals surface area contributed by atoms with Crippen LogP contribution in [0.4, 0.5) is 20.8 Å². The lowest BCUT2D eigenvalue weighted by Crippen LogP contribution is -2.46. The number of nitrogens with zero attached hydrogens (tertiary/aromatic N) is 6. The van der Waals surface area contributed by atoms with Gasteiger partial charge in [-0.2, -0.15) is 5.10 Å². The number of aromatic nitrogens is 4. The molecule has 0 bridgehead atoms. The van der Waals surface area contributed by atoms with E-state index in [4.69, 9.17) is 11.6 Å². The van der Waals surface area contributed by atoms with Gasteiger partial charge in [0.15, 0.2) is 5.01 Å². The monoisotopic (exact) mass is 490 g/mol. The number of imide groups is 1. The fourth-order valence-electron chi connectivity index (χ4n) is 3.15. The van der Waals surface area contributed by atoms with Crippen LogP contribution in [0.5, 0.6) is 0 Å². The van der Waals surface area contributed by atoms with Crippen molar-refractivity contribution in [3.05, 3.63) is 46.1 Å². The minimum absolute atomic E-state index is 0.201. The lowest BCUT2D eigenvalue weighted by molar-refractivity contribution is -0.125. The van der Waals surface area contributed by atoms with E-state index in [1.807, 2.05) is 0 Å². The average Bonchev–Trinajstić information content (AvgIpc) is 3.21. The summed E-state index contributed by atoms with van der Waals surface area (Å²) in [6.07, 6.45) is 1.44. The second kappa shape index (κ2) is 8.87. The van der Waals surface area contributed by atoms with Crippen molar-refractivity contribution in [2.75, 3.05) is 18.4 Å². The van der Waals surface area contributed by atoms with Gasteiger partial charge >= 0.3 is 6.03 Å². The molecule has 1 aliphatic rings. The molecule has 0 saturated carbocycles. The number of hydrogen-bond donors (Lipinski definition) is 2. The van der Waals surface area contributed by atoms with Crippen LogP contribution in [0.3, 0.4) is 0 Å². The molecule has 0 atom stereocenters. The van der Waals surface area contributed by atoms with E-state index in [1.165, 1.54) is 33.2 Å². The molecular weight excluding hydrogens is 471 g/mol. The Bertz CT molecular complexity index is 1310. The molecule has 3 heterocycles. The van der Waals surface area contributed by atoms with Gasteiger partial charge < -0.3 is 10.2 Å². The molecule has 2 aromatic heterocycles. The highest BCUT2D eigenvalue weighted by atomic mass is 35.5. The lowest BCUT2D eigenvalue weighted by Gasteiger charge is -2.27. The number of nitrogens with one attached hydrogen (secondary N) is 2. The van der Waals surface area contributed by atoms with Crippen LogP contribution >= 0.6 is 22.9 Å². The summed E-state index contributed by atoms with van der Waals surface area (Å²) in [5.74, 6) is -0.495. The molecule has 13 heteroatoms. The van der Waals surface area contributed by atoms with Gasteiger partial charge in [-0.3, -0.25) is 10.1 Å². The van der Waals surface area contributed by atoms with Gasteiger partial charge in [0.25, 0.3) is 5.91 Å². The first-order valence-electron chi connectivity index (χ1n) is 9.90. The number of amides is 3. The van der Waals surface area contributed by atoms with Crippen LogP contribution in [0, 0.1) is 5.82 Å². The maximum absolute atomic E-state index is 14.0. The van der Waals surface area contributed by atoms with Crippen molar-refractivity contribution in [1.29, 1.82) is 0 Å². The van der Waals surface area contributed by atoms with E-state index in [-0.39, 0.29) is 29.1 Å². The second-order valence-electron chi connectivity index (χ2n) is 7.66. The SMILES string of the molecule is Cn1nc(-c2nc(NCCN3C(=O)NC(=O)C3(C)C)ncc2Cl)sc1=Nc1ccccc1F. The zero-order valence-corrected chi connectivity index (χ0v) is 19.5. The summed E-state index contributed by atoms with van der Waals surface area (Å²) in [5.41, 5.74) is -0.343. The molecule has 1 aliphatic heterocycles. The Morgan fingerprint density at radius 2 is 2.06 bits per heavy atom. The number of carbonyl (C=O) groups is 2. The van der Waals surface area contributed by atoms with Crippen LogP contribution < -0.4 is 15.4 Å². The van der Waals surface area contributed by atoms with Crippen molar-refractivity contribution in [3.8, 4) is 10.7 Å². The highest BCUT2D eigenvalue weighted by molar-refractivity contribution is 7.12. The number of carbonyl (C=O) groups excluding carboxylic acids is 2. The molecule has 0 radical (unpaired) electrons. The predicted octanol–water partition coefficient (Wildman–Crippen LogP) is 2.71. The van der Waals surface area contributed by atoms with Crippen LogP contribution in [0.25, 0.3) is 10.7 Å². The number of hydrogen-bond acceptors (Lipinski definition) is 8. The minimum Gasteiger partial charge on any atom is -0.352 e. The predicted molar refractivity (Wildman–Crippen MR) is 122 cm³/mol. The Balaban J connectivity index is 1.53. The van der Waals surface area contributed by atoms with Crippen LogP contribution in [0.2, 0.25) is 5.02 Å². The van der Waals surface area contributed by atoms with Crippen LogP contribution in [0.15, 0.2) is 35.5 Å². The molecule has 2 N–H and O–H groups in total. The average molecular weight is 491 g/mol. The third-order valence-corrected chi connectivity index (χ3v) is 6.32. The maximum atomic E-state index is 14.0. The van der Waals surface area contributed by atoms with E-state index in [0.29, 0.717) is 22.0 Å². The summed E-state index contributed by atoms with van der Waals surface area (Å²) in [6, 6.07) is 5.76. The zero-order chi connectivity index (χ0) is 23.8. The third kappa shape index (κ3) is 4.57. The summed E-state index contributed by atoms with van der Waals surface area (Å²) in [5, 5.41) is 10.5. The van der Waals surface area contributed by atoms with Crippen LogP contribution in [-0.2, 0) is 11.8 Å². The van der Waals surface area contributed by atoms with Crippen molar-refractivity contribution >= 4 is 46.5 Å². The van der Waals surface area contributed by atoms with E-state index in [1.54, 1.807) is 39.1 Å². The van der Waals surface area contributed by atoms with Crippen molar-refractivity contribution in [1.82, 2.24) is 30.0 Å². The summed E-state index contributed by atoms with van der Waals surface area (Å²) in [7, 11) is 1.69. The van der Waals surface area contributed by atoms with Crippen molar-refractivity contribution in [2.45, 2.75) is 19.4 Å². The Kier molecular flexibility index (Phi) is 6.13. The molecule has 1 aromatic carbocycles. The summed E-state index contributed by atoms with van der Waals surface area (Å²) < 4.78 is 15.5. The summed E-state index contributed by atoms with van der Waals surface area (Å²) in [4.78, 5) is 38.7. The van der Waals surface area contributed by atoms with Gasteiger partial charge in [-0.25, -0.2) is 28.8 Å². The minimum atomic E-state index is -0.932. The molecule has 33 heavy (non-hydrogen) atoms. The number of benzene rings is 1. The topological polar surface area (TPSA) is 117 Å². The standard InChI is InChI=1S/C20H20ClFN8O2S/c1-20(2)16(31)27-18(32)30(20)9-8-23-17-24-10-11(21)14(26-17)15-28-29(3)19(33-15)25-13-7-5-4-6-12(13)22/h4-7,10H,8-9H2,1-3H3,(H,23,24,26)(H,27,31,32). The Hall–Kier alpha value is -3.38. The van der Waals surface area contributed by atoms with Crippen LogP contribution in [0.1, 0.15) is 13.8 Å². The number of halogens is 2. The smallest absolute Gasteiger partial charge is 0.325 e. The van der Waals surface area contributed by atoms with Gasteiger partial charge in [-0.1, -0.05) is 35.1 Å². The Labute approximate surface area is 197 Å². The van der Waals surface area contributed by atoms with Gasteiger partial charge in [0.2, 0.25) is 10.7 Å². The van der Waals surface area contributed by atoms with E-state index in [9.17, 15) is 14.0 Å². The van der Waals surface area contributed by atoms with Crippen molar-refractivity contribution < 1.29 is 14.0 Å². The van der Waals surface area contributed by atoms with E-state index in [2.05, 4.69) is 30.7 Å². The zero-order valence-electron chi connectivity index (χ0n) is 18.0. The fraction of sp³-hybridized carbons (Fsp3) is 0.300. The van der Waals surface area contributed by atoms with Gasteiger partial charge in [-0.15, -0.1) is 0 Å². The first-order valence-corrected chi connectivity index (χ1v) is 11.1. The molecule has 0 aliphatic carbocycles. The first-order chi connectivity index (χ1) is 15.7. The summed E-state index contributed by atoms with van der Waals surface area (Å²) in [6.45, 7) is 3.93. The van der Waals surface area contributed by atoms with Crippen molar-refractivity contribution in [2.24, 2.45) is 12.0 Å². The van der Waals surface area contributed by atoms with E-state index >= 15 is 0 Å². The van der Waals surface area contributed by atoms with Crippen molar-refractivity contribution in [3.63, 3.8) is 0 Å². The van der Waals surface area contributed by atoms with Gasteiger partial charge in [0, 0.05) is 20.1 Å². The van der Waals surface area contributed by atoms with Gasteiger partial charge in [0.05, 0.1) is 11.2 Å². The molecule has 0 spiro atoms. The number of urea groups is 1. The largest absolute Gasteiger partial charge is 0.352 e. The second-order valence-corrected chi connectivity index (χ2v) is 9.03. The third-order valence-electron chi connectivity index (χ3n) is 5.04. The maximum Gasteiger partial charge on any atom is 0.325 e. The number of rotatable bonds is 6. The van der Waals surface area contributed by atoms with E-state index in [0.717, 1.165) is 0 Å². The molecule has 1 saturated heterocycles. The normalized spacial score (nSPS) is 15.8. The molecule has 10 nitrogen and oxygen atoms in total. The molecule has 1 fully saturated rings. The Morgan fingerprint density at radius 1 is 1.30 bits per heavy atom. The number of aryl methyl sites for hydroxylation is 1. The number of para-hydroxylation sites is 1. The molecule has 4 rings (SSSR count).